The lowest BCUT2D eigenvalue weighted by molar-refractivity contribution is 0.429. The zero-order valence-corrected chi connectivity index (χ0v) is 8.84. The molecule has 0 N–H and O–H groups in total. The van der Waals surface area contributed by atoms with Crippen molar-refractivity contribution in [2.75, 3.05) is 0 Å². The summed E-state index contributed by atoms with van der Waals surface area (Å²) in [6.45, 7) is 1.74. The van der Waals surface area contributed by atoms with Gasteiger partial charge in [-0.3, -0.25) is 0 Å². The van der Waals surface area contributed by atoms with E-state index in [9.17, 15) is 0 Å². The summed E-state index contributed by atoms with van der Waals surface area (Å²) in [7, 11) is 0. The Morgan fingerprint density at radius 1 is 1.36 bits per heavy atom. The van der Waals surface area contributed by atoms with Crippen molar-refractivity contribution in [3.8, 4) is 0 Å². The van der Waals surface area contributed by atoms with Crippen LogP contribution in [0.3, 0.4) is 0 Å². The molecule has 0 fully saturated rings. The van der Waals surface area contributed by atoms with E-state index in [2.05, 4.69) is 15.2 Å². The molecule has 0 saturated carbocycles. The Labute approximate surface area is 89.7 Å². The molecule has 2 aromatic heterocycles. The van der Waals surface area contributed by atoms with E-state index < -0.39 is 0 Å². The Balaban J connectivity index is 2.15. The van der Waals surface area contributed by atoms with E-state index in [0.29, 0.717) is 16.1 Å². The molecule has 2 rings (SSSR count). The largest absolute Gasteiger partial charge is 0.416 e. The number of aromatic nitrogens is 3. The van der Waals surface area contributed by atoms with E-state index in [-0.39, 0.29) is 0 Å². The van der Waals surface area contributed by atoms with Crippen LogP contribution in [0, 0.1) is 6.92 Å². The average molecular weight is 228 g/mol. The lowest BCUT2D eigenvalue weighted by atomic mass is 10.5. The van der Waals surface area contributed by atoms with Gasteiger partial charge in [-0.05, 0) is 23.9 Å². The van der Waals surface area contributed by atoms with Gasteiger partial charge in [0.25, 0.3) is 5.22 Å². The third-order valence-electron chi connectivity index (χ3n) is 1.40. The minimum absolute atomic E-state index is 0.484. The maximum absolute atomic E-state index is 5.70. The maximum Gasteiger partial charge on any atom is 0.282 e. The molecule has 2 heterocycles. The number of rotatable bonds is 2. The van der Waals surface area contributed by atoms with Gasteiger partial charge < -0.3 is 4.42 Å². The van der Waals surface area contributed by atoms with E-state index in [1.807, 2.05) is 0 Å². The van der Waals surface area contributed by atoms with Crippen LogP contribution in [0.1, 0.15) is 5.89 Å². The molecule has 0 unspecified atom stereocenters. The Morgan fingerprint density at radius 3 is 2.79 bits per heavy atom. The van der Waals surface area contributed by atoms with Gasteiger partial charge in [0.2, 0.25) is 5.89 Å². The second-order valence-electron chi connectivity index (χ2n) is 2.50. The molecule has 0 aliphatic rings. The Kier molecular flexibility index (Phi) is 2.69. The van der Waals surface area contributed by atoms with Crippen LogP contribution in [0.15, 0.2) is 33.0 Å². The summed E-state index contributed by atoms with van der Waals surface area (Å²) < 4.78 is 5.19. The van der Waals surface area contributed by atoms with Gasteiger partial charge in [-0.2, -0.15) is 0 Å². The SMILES string of the molecule is Cc1nnc(Sc2ccc(Cl)cn2)o1. The molecule has 0 radical (unpaired) electrons. The first-order valence-electron chi connectivity index (χ1n) is 3.83. The molecular formula is C8H6ClN3OS. The molecule has 14 heavy (non-hydrogen) atoms. The highest BCUT2D eigenvalue weighted by molar-refractivity contribution is 7.99. The van der Waals surface area contributed by atoms with Crippen molar-refractivity contribution in [1.29, 1.82) is 0 Å². The van der Waals surface area contributed by atoms with E-state index in [1.165, 1.54) is 11.8 Å². The summed E-state index contributed by atoms with van der Waals surface area (Å²) in [4.78, 5) is 4.09. The van der Waals surface area contributed by atoms with Crippen LogP contribution in [0.5, 0.6) is 0 Å². The smallest absolute Gasteiger partial charge is 0.282 e. The van der Waals surface area contributed by atoms with Gasteiger partial charge in [-0.25, -0.2) is 4.98 Å². The van der Waals surface area contributed by atoms with Crippen LogP contribution in [-0.2, 0) is 0 Å². The fourth-order valence-corrected chi connectivity index (χ4v) is 1.61. The standard InChI is InChI=1S/C8H6ClN3OS/c1-5-11-12-8(13-5)14-7-3-2-6(9)4-10-7/h2-4H,1H3. The first kappa shape index (κ1) is 9.48. The second kappa shape index (κ2) is 3.98. The fourth-order valence-electron chi connectivity index (χ4n) is 0.832. The van der Waals surface area contributed by atoms with Crippen molar-refractivity contribution in [3.05, 3.63) is 29.2 Å². The lowest BCUT2D eigenvalue weighted by Gasteiger charge is -1.94. The number of aryl methyl sites for hydroxylation is 1. The number of hydrogen-bond acceptors (Lipinski definition) is 5. The highest BCUT2D eigenvalue weighted by Crippen LogP contribution is 2.24. The van der Waals surface area contributed by atoms with Crippen LogP contribution in [0.2, 0.25) is 5.02 Å². The summed E-state index contributed by atoms with van der Waals surface area (Å²) in [5.74, 6) is 0.543. The van der Waals surface area contributed by atoms with Crippen molar-refractivity contribution in [1.82, 2.24) is 15.2 Å². The molecule has 72 valence electrons. The van der Waals surface area contributed by atoms with Gasteiger partial charge in [0, 0.05) is 13.1 Å². The summed E-state index contributed by atoms with van der Waals surface area (Å²) in [5, 5.41) is 9.41. The van der Waals surface area contributed by atoms with Crippen molar-refractivity contribution >= 4 is 23.4 Å². The second-order valence-corrected chi connectivity index (χ2v) is 3.91. The quantitative estimate of drug-likeness (QED) is 0.789. The molecule has 0 aliphatic carbocycles. The summed E-state index contributed by atoms with van der Waals surface area (Å²) in [6.07, 6.45) is 1.58. The normalized spacial score (nSPS) is 10.4. The minimum Gasteiger partial charge on any atom is -0.416 e. The van der Waals surface area contributed by atoms with Crippen molar-refractivity contribution < 1.29 is 4.42 Å². The number of pyridine rings is 1. The van der Waals surface area contributed by atoms with Gasteiger partial charge >= 0.3 is 0 Å². The highest BCUT2D eigenvalue weighted by Gasteiger charge is 2.05. The summed E-state index contributed by atoms with van der Waals surface area (Å²) in [5.41, 5.74) is 0. The zero-order valence-electron chi connectivity index (χ0n) is 7.27. The minimum atomic E-state index is 0.484. The molecule has 0 amide bonds. The molecule has 4 nitrogen and oxygen atoms in total. The predicted octanol–water partition coefficient (Wildman–Crippen LogP) is 2.58. The number of nitrogens with zero attached hydrogens (tertiary/aromatic N) is 3. The third kappa shape index (κ3) is 2.24. The molecule has 0 saturated heterocycles. The third-order valence-corrected chi connectivity index (χ3v) is 2.41. The van der Waals surface area contributed by atoms with E-state index in [0.717, 1.165) is 5.03 Å². The van der Waals surface area contributed by atoms with E-state index in [4.69, 9.17) is 16.0 Å². The lowest BCUT2D eigenvalue weighted by Crippen LogP contribution is -1.78. The van der Waals surface area contributed by atoms with Crippen molar-refractivity contribution in [2.24, 2.45) is 0 Å². The molecule has 6 heteroatoms. The average Bonchev–Trinajstić information content (AvgIpc) is 2.56. The van der Waals surface area contributed by atoms with Crippen LogP contribution in [0.4, 0.5) is 0 Å². The van der Waals surface area contributed by atoms with Crippen molar-refractivity contribution in [3.63, 3.8) is 0 Å². The monoisotopic (exact) mass is 227 g/mol. The molecule has 0 aromatic carbocycles. The predicted molar refractivity (Wildman–Crippen MR) is 52.4 cm³/mol. The van der Waals surface area contributed by atoms with Crippen molar-refractivity contribution in [2.45, 2.75) is 17.2 Å². The summed E-state index contributed by atoms with van der Waals surface area (Å²) >= 11 is 7.00. The van der Waals surface area contributed by atoms with Crippen LogP contribution in [0.25, 0.3) is 0 Å². The summed E-state index contributed by atoms with van der Waals surface area (Å²) in [6, 6.07) is 3.56. The Morgan fingerprint density at radius 2 is 2.21 bits per heavy atom. The first-order valence-corrected chi connectivity index (χ1v) is 5.03. The van der Waals surface area contributed by atoms with Gasteiger partial charge in [0.05, 0.1) is 5.02 Å². The molecular weight excluding hydrogens is 222 g/mol. The maximum atomic E-state index is 5.70. The van der Waals surface area contributed by atoms with Crippen LogP contribution >= 0.6 is 23.4 Å². The molecule has 0 bridgehead atoms. The van der Waals surface area contributed by atoms with E-state index in [1.54, 1.807) is 25.3 Å². The molecule has 2 aromatic rings. The Hall–Kier alpha value is -1.07. The van der Waals surface area contributed by atoms with Gasteiger partial charge in [-0.1, -0.05) is 11.6 Å². The van der Waals surface area contributed by atoms with Crippen LogP contribution < -0.4 is 0 Å². The fraction of sp³-hybridized carbons (Fsp3) is 0.125. The van der Waals surface area contributed by atoms with Gasteiger partial charge in [0.15, 0.2) is 0 Å². The van der Waals surface area contributed by atoms with Crippen LogP contribution in [-0.4, -0.2) is 15.2 Å². The molecule has 0 spiro atoms. The van der Waals surface area contributed by atoms with E-state index >= 15 is 0 Å². The van der Waals surface area contributed by atoms with Gasteiger partial charge in [0.1, 0.15) is 5.03 Å². The number of halogens is 1. The Bertz CT molecular complexity index is 428. The molecule has 0 atom stereocenters. The number of hydrogen-bond donors (Lipinski definition) is 0. The zero-order chi connectivity index (χ0) is 9.97. The topological polar surface area (TPSA) is 51.8 Å². The van der Waals surface area contributed by atoms with Gasteiger partial charge in [-0.15, -0.1) is 10.2 Å². The molecule has 0 aliphatic heterocycles. The highest BCUT2D eigenvalue weighted by atomic mass is 35.5. The first-order chi connectivity index (χ1) is 6.74.